The Morgan fingerprint density at radius 1 is 1.15 bits per heavy atom. The van der Waals surface area contributed by atoms with E-state index in [4.69, 9.17) is 9.84 Å². The maximum Gasteiger partial charge on any atom is 0.407 e. The highest BCUT2D eigenvalue weighted by molar-refractivity contribution is 5.69. The number of amides is 1. The molecule has 5 nitrogen and oxygen atoms in total. The van der Waals surface area contributed by atoms with Crippen LogP contribution in [0.15, 0.2) is 0 Å². The summed E-state index contributed by atoms with van der Waals surface area (Å²) in [7, 11) is 0. The summed E-state index contributed by atoms with van der Waals surface area (Å²) in [4.78, 5) is 22.4. The molecule has 0 aliphatic rings. The first-order valence-corrected chi connectivity index (χ1v) is 7.46. The van der Waals surface area contributed by atoms with Gasteiger partial charge in [0.25, 0.3) is 0 Å². The van der Waals surface area contributed by atoms with Crippen molar-refractivity contribution in [1.29, 1.82) is 0 Å². The molecule has 0 aromatic carbocycles. The maximum atomic E-state index is 11.4. The second-order valence-electron chi connectivity index (χ2n) is 6.10. The molecule has 0 aliphatic heterocycles. The fourth-order valence-corrected chi connectivity index (χ4v) is 1.86. The van der Waals surface area contributed by atoms with Crippen molar-refractivity contribution in [2.45, 2.75) is 71.8 Å². The second kappa shape index (κ2) is 9.61. The molecule has 0 spiro atoms. The molecule has 0 saturated carbocycles. The molecule has 20 heavy (non-hydrogen) atoms. The minimum atomic E-state index is -0.710. The SMILES string of the molecule is CCCCC(CCCCNC(=O)OC(C)(C)C)C(=O)O. The van der Waals surface area contributed by atoms with Gasteiger partial charge in [-0.1, -0.05) is 26.2 Å². The summed E-state index contributed by atoms with van der Waals surface area (Å²) in [5.41, 5.74) is -0.487. The highest BCUT2D eigenvalue weighted by Crippen LogP contribution is 2.16. The number of carbonyl (C=O) groups is 2. The number of ether oxygens (including phenoxy) is 1. The van der Waals surface area contributed by atoms with Gasteiger partial charge in [-0.25, -0.2) is 4.79 Å². The summed E-state index contributed by atoms with van der Waals surface area (Å²) in [6.07, 6.45) is 4.54. The van der Waals surface area contributed by atoms with Gasteiger partial charge in [-0.05, 0) is 40.0 Å². The number of carbonyl (C=O) groups excluding carboxylic acids is 1. The molecule has 1 amide bonds. The molecule has 5 heteroatoms. The highest BCUT2D eigenvalue weighted by Gasteiger charge is 2.17. The molecule has 118 valence electrons. The monoisotopic (exact) mass is 287 g/mol. The molecule has 0 heterocycles. The van der Waals surface area contributed by atoms with E-state index in [2.05, 4.69) is 12.2 Å². The third-order valence-electron chi connectivity index (χ3n) is 2.90. The van der Waals surface area contributed by atoms with Crippen LogP contribution in [0.5, 0.6) is 0 Å². The zero-order valence-electron chi connectivity index (χ0n) is 13.2. The number of aliphatic carboxylic acids is 1. The van der Waals surface area contributed by atoms with Gasteiger partial charge in [-0.15, -0.1) is 0 Å². The molecule has 2 N–H and O–H groups in total. The van der Waals surface area contributed by atoms with Gasteiger partial charge in [0, 0.05) is 6.54 Å². The Bertz CT molecular complexity index is 297. The van der Waals surface area contributed by atoms with Crippen molar-refractivity contribution in [3.05, 3.63) is 0 Å². The largest absolute Gasteiger partial charge is 0.481 e. The first-order chi connectivity index (χ1) is 9.26. The lowest BCUT2D eigenvalue weighted by Crippen LogP contribution is -2.33. The number of hydrogen-bond donors (Lipinski definition) is 2. The average Bonchev–Trinajstić information content (AvgIpc) is 2.29. The summed E-state index contributed by atoms with van der Waals surface area (Å²) in [5, 5.41) is 11.8. The van der Waals surface area contributed by atoms with Crippen molar-refractivity contribution in [3.63, 3.8) is 0 Å². The molecule has 0 aliphatic carbocycles. The van der Waals surface area contributed by atoms with Crippen LogP contribution in [0.4, 0.5) is 4.79 Å². The summed E-state index contributed by atoms with van der Waals surface area (Å²) >= 11 is 0. The van der Waals surface area contributed by atoms with Crippen LogP contribution >= 0.6 is 0 Å². The predicted octanol–water partition coefficient (Wildman–Crippen LogP) is 3.57. The quantitative estimate of drug-likeness (QED) is 0.636. The molecular weight excluding hydrogens is 258 g/mol. The smallest absolute Gasteiger partial charge is 0.407 e. The number of carboxylic acid groups (broad SMARTS) is 1. The van der Waals surface area contributed by atoms with Crippen molar-refractivity contribution in [2.75, 3.05) is 6.54 Å². The van der Waals surface area contributed by atoms with Crippen LogP contribution < -0.4 is 5.32 Å². The van der Waals surface area contributed by atoms with Crippen LogP contribution in [0.25, 0.3) is 0 Å². The van der Waals surface area contributed by atoms with E-state index in [1.807, 2.05) is 20.8 Å². The highest BCUT2D eigenvalue weighted by atomic mass is 16.6. The predicted molar refractivity (Wildman–Crippen MR) is 78.7 cm³/mol. The molecule has 0 fully saturated rings. The molecule has 1 atom stereocenters. The number of nitrogens with one attached hydrogen (secondary N) is 1. The Hall–Kier alpha value is -1.26. The minimum absolute atomic E-state index is 0.253. The van der Waals surface area contributed by atoms with E-state index in [1.54, 1.807) is 0 Å². The number of alkyl carbamates (subject to hydrolysis) is 1. The van der Waals surface area contributed by atoms with Gasteiger partial charge < -0.3 is 15.2 Å². The Labute approximate surface area is 122 Å². The van der Waals surface area contributed by atoms with Crippen LogP contribution in [-0.2, 0) is 9.53 Å². The van der Waals surface area contributed by atoms with E-state index >= 15 is 0 Å². The normalized spacial score (nSPS) is 12.8. The van der Waals surface area contributed by atoms with Crippen LogP contribution in [-0.4, -0.2) is 29.3 Å². The first kappa shape index (κ1) is 18.7. The molecule has 0 radical (unpaired) electrons. The first-order valence-electron chi connectivity index (χ1n) is 7.46. The molecule has 0 aromatic heterocycles. The van der Waals surface area contributed by atoms with Crippen LogP contribution in [0.1, 0.15) is 66.2 Å². The summed E-state index contributed by atoms with van der Waals surface area (Å²) < 4.78 is 5.11. The number of carboxylic acids is 1. The fraction of sp³-hybridized carbons (Fsp3) is 0.867. The molecule has 0 aromatic rings. The third-order valence-corrected chi connectivity index (χ3v) is 2.90. The minimum Gasteiger partial charge on any atom is -0.481 e. The van der Waals surface area contributed by atoms with E-state index < -0.39 is 17.7 Å². The van der Waals surface area contributed by atoms with Gasteiger partial charge in [-0.3, -0.25) is 4.79 Å². The summed E-state index contributed by atoms with van der Waals surface area (Å²) in [6, 6.07) is 0. The zero-order valence-corrected chi connectivity index (χ0v) is 13.2. The molecule has 0 saturated heterocycles. The van der Waals surface area contributed by atoms with Gasteiger partial charge in [0.1, 0.15) is 5.60 Å². The third kappa shape index (κ3) is 10.6. The number of rotatable bonds is 9. The van der Waals surface area contributed by atoms with Crippen molar-refractivity contribution in [3.8, 4) is 0 Å². The lowest BCUT2D eigenvalue weighted by atomic mass is 9.96. The second-order valence-corrected chi connectivity index (χ2v) is 6.10. The topological polar surface area (TPSA) is 75.6 Å². The van der Waals surface area contributed by atoms with Gasteiger partial charge in [0.05, 0.1) is 5.92 Å². The van der Waals surface area contributed by atoms with Gasteiger partial charge in [0.15, 0.2) is 0 Å². The Kier molecular flexibility index (Phi) is 9.01. The van der Waals surface area contributed by atoms with Crippen molar-refractivity contribution < 1.29 is 19.4 Å². The van der Waals surface area contributed by atoms with E-state index in [9.17, 15) is 9.59 Å². The van der Waals surface area contributed by atoms with Crippen LogP contribution in [0.3, 0.4) is 0 Å². The standard InChI is InChI=1S/C15H29NO4/c1-5-6-9-12(13(17)18)10-7-8-11-16-14(19)20-15(2,3)4/h12H,5-11H2,1-4H3,(H,16,19)(H,17,18). The maximum absolute atomic E-state index is 11.4. The molecular formula is C15H29NO4. The van der Waals surface area contributed by atoms with E-state index in [0.29, 0.717) is 13.0 Å². The number of unbranched alkanes of at least 4 members (excludes halogenated alkanes) is 2. The zero-order chi connectivity index (χ0) is 15.6. The Morgan fingerprint density at radius 3 is 2.25 bits per heavy atom. The molecule has 0 bridgehead atoms. The van der Waals surface area contributed by atoms with E-state index in [0.717, 1.165) is 32.1 Å². The fourth-order valence-electron chi connectivity index (χ4n) is 1.86. The lowest BCUT2D eigenvalue weighted by molar-refractivity contribution is -0.142. The molecule has 0 rings (SSSR count). The van der Waals surface area contributed by atoms with Crippen molar-refractivity contribution in [1.82, 2.24) is 5.32 Å². The molecule has 1 unspecified atom stereocenters. The Balaban J connectivity index is 3.73. The summed E-state index contributed by atoms with van der Waals surface area (Å²) in [5.74, 6) is -0.963. The van der Waals surface area contributed by atoms with Crippen LogP contribution in [0, 0.1) is 5.92 Å². The van der Waals surface area contributed by atoms with Crippen molar-refractivity contribution in [2.24, 2.45) is 5.92 Å². The van der Waals surface area contributed by atoms with E-state index in [1.165, 1.54) is 0 Å². The van der Waals surface area contributed by atoms with Crippen LogP contribution in [0.2, 0.25) is 0 Å². The Morgan fingerprint density at radius 2 is 1.75 bits per heavy atom. The lowest BCUT2D eigenvalue weighted by Gasteiger charge is -2.19. The van der Waals surface area contributed by atoms with Crippen molar-refractivity contribution >= 4 is 12.1 Å². The van der Waals surface area contributed by atoms with Gasteiger partial charge in [0.2, 0.25) is 0 Å². The van der Waals surface area contributed by atoms with Gasteiger partial charge >= 0.3 is 12.1 Å². The van der Waals surface area contributed by atoms with E-state index in [-0.39, 0.29) is 5.92 Å². The summed E-state index contributed by atoms with van der Waals surface area (Å²) in [6.45, 7) is 8.03. The number of hydrogen-bond acceptors (Lipinski definition) is 3. The average molecular weight is 287 g/mol. The van der Waals surface area contributed by atoms with Gasteiger partial charge in [-0.2, -0.15) is 0 Å².